The molecule has 1 saturated heterocycles. The molecule has 2 aliphatic rings. The molecule has 2 aromatic heterocycles. The molecular formula is C19H27N5O. The molecule has 1 aliphatic carbocycles. The molecule has 2 aromatic rings. The molecule has 3 heterocycles. The van der Waals surface area contributed by atoms with Gasteiger partial charge in [-0.3, -0.25) is 9.20 Å². The Morgan fingerprint density at radius 2 is 1.92 bits per heavy atom. The fourth-order valence-corrected chi connectivity index (χ4v) is 4.20. The standard InChI is InChI=1S/C19H27N5O/c25-18(10-9-16-6-1-2-7-16)22-11-5-12-23(15-14-22)19-21-20-17-8-3-4-13-24(17)19/h3-4,8,13,16H,1-2,5-7,9-12,14-15H2. The number of hydrogen-bond donors (Lipinski definition) is 0. The molecule has 2 fully saturated rings. The van der Waals surface area contributed by atoms with E-state index in [0.29, 0.717) is 5.91 Å². The van der Waals surface area contributed by atoms with Crippen LogP contribution in [0.2, 0.25) is 0 Å². The van der Waals surface area contributed by atoms with Crippen LogP contribution in [0.4, 0.5) is 5.95 Å². The third-order valence-electron chi connectivity index (χ3n) is 5.67. The van der Waals surface area contributed by atoms with Gasteiger partial charge in [-0.25, -0.2) is 0 Å². The predicted molar refractivity (Wildman–Crippen MR) is 97.6 cm³/mol. The van der Waals surface area contributed by atoms with E-state index in [1.165, 1.54) is 25.7 Å². The Bertz CT molecular complexity index is 721. The second kappa shape index (κ2) is 7.42. The third-order valence-corrected chi connectivity index (χ3v) is 5.67. The minimum absolute atomic E-state index is 0.333. The van der Waals surface area contributed by atoms with E-state index >= 15 is 0 Å². The lowest BCUT2D eigenvalue weighted by molar-refractivity contribution is -0.131. The number of nitrogens with zero attached hydrogens (tertiary/aromatic N) is 5. The third kappa shape index (κ3) is 3.62. The van der Waals surface area contributed by atoms with Crippen molar-refractivity contribution >= 4 is 17.5 Å². The number of pyridine rings is 1. The summed E-state index contributed by atoms with van der Waals surface area (Å²) >= 11 is 0. The number of rotatable bonds is 4. The average molecular weight is 341 g/mol. The number of carbonyl (C=O) groups excluding carboxylic acids is 1. The molecule has 0 aromatic carbocycles. The van der Waals surface area contributed by atoms with E-state index in [2.05, 4.69) is 20.0 Å². The highest BCUT2D eigenvalue weighted by Gasteiger charge is 2.23. The second-order valence-corrected chi connectivity index (χ2v) is 7.34. The number of anilines is 1. The van der Waals surface area contributed by atoms with Crippen LogP contribution in [0.15, 0.2) is 24.4 Å². The first kappa shape index (κ1) is 16.4. The zero-order valence-electron chi connectivity index (χ0n) is 14.8. The van der Waals surface area contributed by atoms with Gasteiger partial charge in [-0.1, -0.05) is 31.7 Å². The van der Waals surface area contributed by atoms with E-state index < -0.39 is 0 Å². The zero-order valence-corrected chi connectivity index (χ0v) is 14.8. The molecule has 0 bridgehead atoms. The fraction of sp³-hybridized carbons (Fsp3) is 0.632. The first-order valence-corrected chi connectivity index (χ1v) is 9.64. The molecule has 1 aliphatic heterocycles. The summed E-state index contributed by atoms with van der Waals surface area (Å²) in [6, 6.07) is 5.94. The molecule has 1 amide bonds. The van der Waals surface area contributed by atoms with Crippen molar-refractivity contribution in [3.63, 3.8) is 0 Å². The molecule has 0 spiro atoms. The SMILES string of the molecule is O=C(CCC1CCCC1)N1CCCN(c2nnc3ccccn23)CC1. The van der Waals surface area contributed by atoms with Crippen molar-refractivity contribution in [2.24, 2.45) is 5.92 Å². The van der Waals surface area contributed by atoms with Crippen LogP contribution < -0.4 is 4.90 Å². The van der Waals surface area contributed by atoms with Crippen LogP contribution in [0.5, 0.6) is 0 Å². The number of aromatic nitrogens is 3. The molecule has 4 rings (SSSR count). The highest BCUT2D eigenvalue weighted by molar-refractivity contribution is 5.76. The van der Waals surface area contributed by atoms with Crippen molar-refractivity contribution in [1.82, 2.24) is 19.5 Å². The Labute approximate surface area is 148 Å². The highest BCUT2D eigenvalue weighted by atomic mass is 16.2. The number of amides is 1. The zero-order chi connectivity index (χ0) is 17.1. The van der Waals surface area contributed by atoms with E-state index in [-0.39, 0.29) is 0 Å². The topological polar surface area (TPSA) is 53.7 Å². The van der Waals surface area contributed by atoms with Crippen molar-refractivity contribution in [3.8, 4) is 0 Å². The molecule has 134 valence electrons. The summed E-state index contributed by atoms with van der Waals surface area (Å²) < 4.78 is 2.03. The maximum atomic E-state index is 12.6. The van der Waals surface area contributed by atoms with E-state index in [0.717, 1.165) is 63.0 Å². The lowest BCUT2D eigenvalue weighted by atomic mass is 10.0. The van der Waals surface area contributed by atoms with Gasteiger partial charge in [-0.2, -0.15) is 0 Å². The largest absolute Gasteiger partial charge is 0.341 e. The summed E-state index contributed by atoms with van der Waals surface area (Å²) in [4.78, 5) is 16.9. The Kier molecular flexibility index (Phi) is 4.85. The van der Waals surface area contributed by atoms with Gasteiger partial charge in [0.2, 0.25) is 11.9 Å². The summed E-state index contributed by atoms with van der Waals surface area (Å²) in [6.45, 7) is 3.38. The first-order chi connectivity index (χ1) is 12.3. The van der Waals surface area contributed by atoms with E-state index in [4.69, 9.17) is 0 Å². The molecule has 0 N–H and O–H groups in total. The lowest BCUT2D eigenvalue weighted by Gasteiger charge is -2.22. The quantitative estimate of drug-likeness (QED) is 0.858. The molecule has 25 heavy (non-hydrogen) atoms. The van der Waals surface area contributed by atoms with Crippen LogP contribution in [0, 0.1) is 5.92 Å². The monoisotopic (exact) mass is 341 g/mol. The van der Waals surface area contributed by atoms with Gasteiger partial charge in [0, 0.05) is 38.8 Å². The Hall–Kier alpha value is -2.11. The number of fused-ring (bicyclic) bond motifs is 1. The van der Waals surface area contributed by atoms with Gasteiger partial charge in [0.25, 0.3) is 0 Å². The van der Waals surface area contributed by atoms with E-state index in [1.54, 1.807) is 0 Å². The molecule has 6 heteroatoms. The maximum Gasteiger partial charge on any atom is 0.231 e. The van der Waals surface area contributed by atoms with Crippen LogP contribution >= 0.6 is 0 Å². The van der Waals surface area contributed by atoms with E-state index in [1.807, 2.05) is 28.8 Å². The highest BCUT2D eigenvalue weighted by Crippen LogP contribution is 2.28. The smallest absolute Gasteiger partial charge is 0.231 e. The van der Waals surface area contributed by atoms with Crippen molar-refractivity contribution in [3.05, 3.63) is 24.4 Å². The van der Waals surface area contributed by atoms with E-state index in [9.17, 15) is 4.79 Å². The molecule has 6 nitrogen and oxygen atoms in total. The fourth-order valence-electron chi connectivity index (χ4n) is 4.20. The summed E-state index contributed by atoms with van der Waals surface area (Å²) in [7, 11) is 0. The van der Waals surface area contributed by atoms with Crippen LogP contribution in [-0.2, 0) is 4.79 Å². The van der Waals surface area contributed by atoms with Crippen LogP contribution in [0.3, 0.4) is 0 Å². The van der Waals surface area contributed by atoms with Gasteiger partial charge in [0.1, 0.15) is 0 Å². The Morgan fingerprint density at radius 3 is 2.80 bits per heavy atom. The minimum Gasteiger partial charge on any atom is -0.341 e. The van der Waals surface area contributed by atoms with Crippen molar-refractivity contribution in [2.75, 3.05) is 31.1 Å². The van der Waals surface area contributed by atoms with Gasteiger partial charge in [-0.15, -0.1) is 10.2 Å². The first-order valence-electron chi connectivity index (χ1n) is 9.64. The summed E-state index contributed by atoms with van der Waals surface area (Å²) in [5.41, 5.74) is 0.867. The molecule has 0 radical (unpaired) electrons. The molecule has 0 atom stereocenters. The number of carbonyl (C=O) groups is 1. The molecule has 0 unspecified atom stereocenters. The van der Waals surface area contributed by atoms with Gasteiger partial charge in [0.05, 0.1) is 0 Å². The predicted octanol–water partition coefficient (Wildman–Crippen LogP) is 2.74. The Morgan fingerprint density at radius 1 is 1.04 bits per heavy atom. The summed E-state index contributed by atoms with van der Waals surface area (Å²) in [6.07, 6.45) is 10.1. The van der Waals surface area contributed by atoms with Gasteiger partial charge in [0.15, 0.2) is 5.65 Å². The minimum atomic E-state index is 0.333. The Balaban J connectivity index is 1.36. The summed E-state index contributed by atoms with van der Waals surface area (Å²) in [5.74, 6) is 2.01. The van der Waals surface area contributed by atoms with Crippen LogP contribution in [0.25, 0.3) is 5.65 Å². The normalized spacial score (nSPS) is 19.5. The second-order valence-electron chi connectivity index (χ2n) is 7.34. The lowest BCUT2D eigenvalue weighted by Crippen LogP contribution is -2.35. The van der Waals surface area contributed by atoms with Crippen LogP contribution in [0.1, 0.15) is 44.9 Å². The van der Waals surface area contributed by atoms with Gasteiger partial charge in [-0.05, 0) is 30.9 Å². The molecular weight excluding hydrogens is 314 g/mol. The van der Waals surface area contributed by atoms with Crippen molar-refractivity contribution < 1.29 is 4.79 Å². The molecule has 1 saturated carbocycles. The number of hydrogen-bond acceptors (Lipinski definition) is 4. The maximum absolute atomic E-state index is 12.6. The summed E-state index contributed by atoms with van der Waals surface area (Å²) in [5, 5.41) is 8.60. The van der Waals surface area contributed by atoms with Crippen molar-refractivity contribution in [1.29, 1.82) is 0 Å². The average Bonchev–Trinajstić information content (AvgIpc) is 3.24. The van der Waals surface area contributed by atoms with Crippen molar-refractivity contribution in [2.45, 2.75) is 44.9 Å². The van der Waals surface area contributed by atoms with Gasteiger partial charge >= 0.3 is 0 Å². The van der Waals surface area contributed by atoms with Crippen LogP contribution in [-0.4, -0.2) is 51.6 Å². The van der Waals surface area contributed by atoms with Gasteiger partial charge < -0.3 is 9.80 Å².